The highest BCUT2D eigenvalue weighted by Crippen LogP contribution is 2.23. The third-order valence-corrected chi connectivity index (χ3v) is 6.68. The Kier molecular flexibility index (Phi) is 7.02. The zero-order valence-corrected chi connectivity index (χ0v) is 19.7. The number of hydrogen-bond donors (Lipinski definition) is 2. The van der Waals surface area contributed by atoms with Gasteiger partial charge in [0.25, 0.3) is 15.9 Å². The quantitative estimate of drug-likeness (QED) is 0.460. The van der Waals surface area contributed by atoms with Crippen molar-refractivity contribution in [2.75, 3.05) is 10.0 Å². The number of anilines is 2. The van der Waals surface area contributed by atoms with Gasteiger partial charge < -0.3 is 10.1 Å². The van der Waals surface area contributed by atoms with Gasteiger partial charge in [-0.05, 0) is 86.5 Å². The first-order valence-corrected chi connectivity index (χ1v) is 11.9. The van der Waals surface area contributed by atoms with Crippen LogP contribution in [0.1, 0.15) is 18.1 Å². The molecule has 0 aliphatic rings. The van der Waals surface area contributed by atoms with Gasteiger partial charge in [0.15, 0.2) is 6.10 Å². The molecule has 1 unspecified atom stereocenters. The second-order valence-electron chi connectivity index (χ2n) is 7.08. The van der Waals surface area contributed by atoms with Crippen molar-refractivity contribution in [1.29, 1.82) is 0 Å². The summed E-state index contributed by atoms with van der Waals surface area (Å²) in [6, 6.07) is 18.5. The molecule has 1 atom stereocenters. The Balaban J connectivity index is 1.64. The molecule has 0 radical (unpaired) electrons. The van der Waals surface area contributed by atoms with Crippen LogP contribution in [0.15, 0.2) is 76.1 Å². The molecule has 0 aliphatic heterocycles. The number of carbonyl (C=O) groups is 1. The Labute approximate surface area is 190 Å². The van der Waals surface area contributed by atoms with Crippen LogP contribution < -0.4 is 14.8 Å². The van der Waals surface area contributed by atoms with Crippen LogP contribution in [-0.4, -0.2) is 20.4 Å². The van der Waals surface area contributed by atoms with Crippen molar-refractivity contribution in [2.24, 2.45) is 0 Å². The summed E-state index contributed by atoms with van der Waals surface area (Å²) >= 11 is 3.31. The largest absolute Gasteiger partial charge is 0.481 e. The molecular formula is C23H23BrN2O4S. The molecule has 3 rings (SSSR count). The zero-order chi connectivity index (χ0) is 22.6. The van der Waals surface area contributed by atoms with Gasteiger partial charge in [0.2, 0.25) is 0 Å². The van der Waals surface area contributed by atoms with E-state index in [1.54, 1.807) is 43.3 Å². The predicted molar refractivity (Wildman–Crippen MR) is 126 cm³/mol. The molecule has 0 heterocycles. The van der Waals surface area contributed by atoms with Crippen LogP contribution >= 0.6 is 15.9 Å². The Morgan fingerprint density at radius 1 is 0.935 bits per heavy atom. The molecule has 8 heteroatoms. The summed E-state index contributed by atoms with van der Waals surface area (Å²) < 4.78 is 34.3. The molecule has 0 bridgehead atoms. The number of nitrogens with one attached hydrogen (secondary N) is 2. The smallest absolute Gasteiger partial charge is 0.265 e. The minimum atomic E-state index is -3.74. The summed E-state index contributed by atoms with van der Waals surface area (Å²) in [5.74, 6) is 0.326. The third kappa shape index (κ3) is 5.86. The van der Waals surface area contributed by atoms with E-state index in [2.05, 4.69) is 26.0 Å². The van der Waals surface area contributed by atoms with E-state index in [1.807, 2.05) is 32.0 Å². The molecule has 0 fully saturated rings. The van der Waals surface area contributed by atoms with Crippen LogP contribution in [-0.2, 0) is 14.8 Å². The average Bonchev–Trinajstić information content (AvgIpc) is 2.73. The van der Waals surface area contributed by atoms with Gasteiger partial charge in [-0.15, -0.1) is 0 Å². The zero-order valence-electron chi connectivity index (χ0n) is 17.3. The molecule has 2 N–H and O–H groups in total. The van der Waals surface area contributed by atoms with E-state index < -0.39 is 16.1 Å². The molecule has 3 aromatic rings. The number of benzene rings is 3. The number of carbonyl (C=O) groups excluding carboxylic acids is 1. The molecule has 1 amide bonds. The molecule has 0 aromatic heterocycles. The van der Waals surface area contributed by atoms with Gasteiger partial charge in [-0.2, -0.15) is 0 Å². The van der Waals surface area contributed by atoms with Crippen molar-refractivity contribution < 1.29 is 17.9 Å². The number of amides is 1. The van der Waals surface area contributed by atoms with Crippen LogP contribution in [0.5, 0.6) is 5.75 Å². The highest BCUT2D eigenvalue weighted by Gasteiger charge is 2.18. The molecule has 0 saturated carbocycles. The fraction of sp³-hybridized carbons (Fsp3) is 0.174. The van der Waals surface area contributed by atoms with Crippen molar-refractivity contribution >= 4 is 43.2 Å². The number of ether oxygens (including phenoxy) is 1. The molecule has 162 valence electrons. The lowest BCUT2D eigenvalue weighted by atomic mass is 10.1. The minimum Gasteiger partial charge on any atom is -0.481 e. The number of rotatable bonds is 7. The van der Waals surface area contributed by atoms with E-state index >= 15 is 0 Å². The van der Waals surface area contributed by atoms with Crippen molar-refractivity contribution in [3.05, 3.63) is 82.3 Å². The summed E-state index contributed by atoms with van der Waals surface area (Å²) in [6.07, 6.45) is -0.719. The first-order valence-electron chi connectivity index (χ1n) is 9.58. The fourth-order valence-corrected chi connectivity index (χ4v) is 4.11. The number of sulfonamides is 1. The maximum Gasteiger partial charge on any atom is 0.265 e. The highest BCUT2D eigenvalue weighted by atomic mass is 79.9. The molecule has 0 saturated heterocycles. The van der Waals surface area contributed by atoms with Crippen molar-refractivity contribution in [3.63, 3.8) is 0 Å². The molecule has 3 aromatic carbocycles. The van der Waals surface area contributed by atoms with Gasteiger partial charge >= 0.3 is 0 Å². The average molecular weight is 503 g/mol. The standard InChI is InChI=1S/C23H23BrN2O4S/c1-15-5-4-6-22(16(15)2)30-17(3)23(27)25-19-11-13-21(14-12-19)31(28,29)26-20-9-7-18(24)8-10-20/h4-14,17,26H,1-3H3,(H,25,27). The van der Waals surface area contributed by atoms with E-state index in [4.69, 9.17) is 4.74 Å². The fourth-order valence-electron chi connectivity index (χ4n) is 2.79. The van der Waals surface area contributed by atoms with E-state index in [0.717, 1.165) is 15.6 Å². The summed E-state index contributed by atoms with van der Waals surface area (Å²) in [7, 11) is -3.74. The SMILES string of the molecule is Cc1cccc(OC(C)C(=O)Nc2ccc(S(=O)(=O)Nc3ccc(Br)cc3)cc2)c1C. The van der Waals surface area contributed by atoms with Crippen molar-refractivity contribution in [3.8, 4) is 5.75 Å². The molecule has 6 nitrogen and oxygen atoms in total. The Morgan fingerprint density at radius 2 is 1.55 bits per heavy atom. The lowest BCUT2D eigenvalue weighted by Crippen LogP contribution is -2.30. The summed E-state index contributed by atoms with van der Waals surface area (Å²) in [5, 5.41) is 2.75. The third-order valence-electron chi connectivity index (χ3n) is 4.76. The van der Waals surface area contributed by atoms with Crippen LogP contribution in [0.4, 0.5) is 11.4 Å². The van der Waals surface area contributed by atoms with Gasteiger partial charge in [-0.1, -0.05) is 28.1 Å². The van der Waals surface area contributed by atoms with Crippen LogP contribution in [0.25, 0.3) is 0 Å². The van der Waals surface area contributed by atoms with Crippen molar-refractivity contribution in [2.45, 2.75) is 31.8 Å². The normalized spacial score (nSPS) is 12.1. The maximum atomic E-state index is 12.6. The number of halogens is 1. The van der Waals surface area contributed by atoms with Crippen LogP contribution in [0.3, 0.4) is 0 Å². The minimum absolute atomic E-state index is 0.0908. The van der Waals surface area contributed by atoms with E-state index in [1.165, 1.54) is 12.1 Å². The van der Waals surface area contributed by atoms with Gasteiger partial charge in [-0.3, -0.25) is 9.52 Å². The van der Waals surface area contributed by atoms with Gasteiger partial charge in [0.1, 0.15) is 5.75 Å². The first-order chi connectivity index (χ1) is 14.7. The van der Waals surface area contributed by atoms with Crippen LogP contribution in [0.2, 0.25) is 0 Å². The van der Waals surface area contributed by atoms with Gasteiger partial charge in [0, 0.05) is 15.8 Å². The van der Waals surface area contributed by atoms with E-state index in [-0.39, 0.29) is 10.8 Å². The molecule has 0 aliphatic carbocycles. The predicted octanol–water partition coefficient (Wildman–Crippen LogP) is 5.27. The topological polar surface area (TPSA) is 84.5 Å². The maximum absolute atomic E-state index is 12.6. The van der Waals surface area contributed by atoms with E-state index in [0.29, 0.717) is 17.1 Å². The Bertz CT molecular complexity index is 1180. The van der Waals surface area contributed by atoms with Gasteiger partial charge in [0.05, 0.1) is 4.90 Å². The van der Waals surface area contributed by atoms with Gasteiger partial charge in [-0.25, -0.2) is 8.42 Å². The summed E-state index contributed by atoms with van der Waals surface area (Å²) in [5.41, 5.74) is 3.00. The van der Waals surface area contributed by atoms with Crippen molar-refractivity contribution in [1.82, 2.24) is 0 Å². The molecule has 31 heavy (non-hydrogen) atoms. The monoisotopic (exact) mass is 502 g/mol. The number of hydrogen-bond acceptors (Lipinski definition) is 4. The summed E-state index contributed by atoms with van der Waals surface area (Å²) in [4.78, 5) is 12.6. The van der Waals surface area contributed by atoms with Crippen LogP contribution in [0, 0.1) is 13.8 Å². The Hall–Kier alpha value is -2.84. The molecule has 0 spiro atoms. The Morgan fingerprint density at radius 3 is 2.19 bits per heavy atom. The first kappa shape index (κ1) is 22.8. The highest BCUT2D eigenvalue weighted by molar-refractivity contribution is 9.10. The lowest BCUT2D eigenvalue weighted by molar-refractivity contribution is -0.122. The number of aryl methyl sites for hydroxylation is 1. The lowest BCUT2D eigenvalue weighted by Gasteiger charge is -2.17. The molecular weight excluding hydrogens is 480 g/mol. The second-order valence-corrected chi connectivity index (χ2v) is 9.68. The summed E-state index contributed by atoms with van der Waals surface area (Å²) in [6.45, 7) is 5.59. The van der Waals surface area contributed by atoms with E-state index in [9.17, 15) is 13.2 Å². The second kappa shape index (κ2) is 9.53.